The topological polar surface area (TPSA) is 140 Å². The molecule has 0 spiro atoms. The summed E-state index contributed by atoms with van der Waals surface area (Å²) in [6, 6.07) is 9.97. The standard InChI is InChI=1S/C46H61IN7O6S/c1-8-53-37-14-13-30-22-33(37)34(40(53)31-11-9-17-48-39(31)28(3)58-7)23-46(4,5)26-60-45(57)35-12-10-18-54(51-35)44(56)38(47-50-42(55)32-21-27(32)2)41(43-49-36(30)25-61-43)59-24-29-15-19-52(6)20-16-29/h9,11,13-14,17,22,25,27-29,32,35,38,41,51H,8,10,12,15-16,18-21,23-24,26H2,1-7H3,(H,50,55)/q-1/t27-,28-,32-,35-,38-,41-/m0/s1. The fourth-order valence-electron chi connectivity index (χ4n) is 9.02. The minimum absolute atomic E-state index is 0.00898. The molecule has 330 valence electrons. The number of methoxy groups -OCH3 is 1. The third-order valence-corrected chi connectivity index (χ3v) is 16.5. The molecular formula is C46H61IN7O6S-. The summed E-state index contributed by atoms with van der Waals surface area (Å²) in [5.41, 5.74) is 9.77. The predicted molar refractivity (Wildman–Crippen MR) is 232 cm³/mol. The summed E-state index contributed by atoms with van der Waals surface area (Å²) >= 11 is 0.259. The number of halogens is 1. The van der Waals surface area contributed by atoms with E-state index < -0.39 is 43.0 Å². The van der Waals surface area contributed by atoms with Crippen LogP contribution in [0.2, 0.25) is 0 Å². The number of piperidine rings is 1. The van der Waals surface area contributed by atoms with E-state index >= 15 is 0 Å². The van der Waals surface area contributed by atoms with E-state index in [0.29, 0.717) is 49.3 Å². The number of ether oxygens (including phenoxy) is 3. The van der Waals surface area contributed by atoms with Crippen LogP contribution in [0.4, 0.5) is 0 Å². The molecule has 6 heterocycles. The van der Waals surface area contributed by atoms with Gasteiger partial charge >= 0.3 is 334 Å². The SMILES string of the molecule is CCn1c(-c2cccnc2[C@H](C)OC)c2c3cc(ccc31)-c1csc(n1)[C@@H](OCC1CCN(C)CC1)[C@H]([I-]NC(=O)[C@H]1C[C@@H]1C)C(=O)N1CCC[C@H](N1)C(=O)OCC(C)(C)C2. The average Bonchev–Trinajstić information content (AvgIpc) is 3.67. The summed E-state index contributed by atoms with van der Waals surface area (Å²) in [6.45, 7) is 14.4. The molecule has 15 heteroatoms. The van der Waals surface area contributed by atoms with Gasteiger partial charge in [0.1, 0.15) is 0 Å². The zero-order chi connectivity index (χ0) is 43.0. The second-order valence-electron chi connectivity index (χ2n) is 18.2. The molecule has 2 N–H and O–H groups in total. The number of alkyl halides is 1. The van der Waals surface area contributed by atoms with Gasteiger partial charge in [-0.05, 0) is 13.0 Å². The summed E-state index contributed by atoms with van der Waals surface area (Å²) in [6.07, 6.45) is 5.59. The number of hydrazine groups is 1. The van der Waals surface area contributed by atoms with Crippen molar-refractivity contribution in [1.82, 2.24) is 33.4 Å². The molecule has 1 aromatic carbocycles. The molecule has 8 rings (SSSR count). The Bertz CT molecular complexity index is 2240. The second kappa shape index (κ2) is 18.7. The Kier molecular flexibility index (Phi) is 13.5. The summed E-state index contributed by atoms with van der Waals surface area (Å²) in [5, 5.41) is 5.47. The van der Waals surface area contributed by atoms with Gasteiger partial charge in [0.2, 0.25) is 0 Å². The summed E-state index contributed by atoms with van der Waals surface area (Å²) in [7, 11) is 3.85. The van der Waals surface area contributed by atoms with Crippen molar-refractivity contribution in [2.45, 2.75) is 102 Å². The van der Waals surface area contributed by atoms with Crippen LogP contribution < -0.4 is 30.4 Å². The molecule has 1 aliphatic carbocycles. The Morgan fingerprint density at radius 1 is 1.16 bits per heavy atom. The molecule has 2 saturated heterocycles. The Morgan fingerprint density at radius 2 is 1.95 bits per heavy atom. The van der Waals surface area contributed by atoms with Crippen LogP contribution in [0.15, 0.2) is 41.9 Å². The zero-order valence-electron chi connectivity index (χ0n) is 36.5. The van der Waals surface area contributed by atoms with Gasteiger partial charge in [0.15, 0.2) is 0 Å². The Hall–Kier alpha value is -3.48. The molecule has 0 unspecified atom stereocenters. The maximum atomic E-state index is 14.9. The molecule has 3 aromatic heterocycles. The van der Waals surface area contributed by atoms with E-state index in [9.17, 15) is 14.4 Å². The van der Waals surface area contributed by atoms with Gasteiger partial charge in [0.25, 0.3) is 0 Å². The number of rotatable bonds is 10. The number of nitrogens with one attached hydrogen (secondary N) is 2. The van der Waals surface area contributed by atoms with E-state index in [1.165, 1.54) is 11.3 Å². The number of thiazole rings is 1. The number of carbonyl (C=O) groups excluding carboxylic acids is 3. The number of cyclic esters (lactones) is 1. The summed E-state index contributed by atoms with van der Waals surface area (Å²) < 4.78 is 23.9. The van der Waals surface area contributed by atoms with Crippen LogP contribution >= 0.6 is 11.3 Å². The fraction of sp³-hybridized carbons (Fsp3) is 0.587. The molecule has 1 saturated carbocycles. The number of hydrogen-bond donors (Lipinski definition) is 2. The van der Waals surface area contributed by atoms with Crippen LogP contribution in [0, 0.1) is 23.2 Å². The van der Waals surface area contributed by atoms with Gasteiger partial charge in [-0.25, -0.2) is 0 Å². The van der Waals surface area contributed by atoms with Crippen molar-refractivity contribution >= 4 is 40.0 Å². The predicted octanol–water partition coefficient (Wildman–Crippen LogP) is 3.72. The summed E-state index contributed by atoms with van der Waals surface area (Å²) in [4.78, 5) is 54.7. The number of carbonyl (C=O) groups is 3. The number of aryl methyl sites for hydroxylation is 1. The number of amides is 2. The molecular weight excluding hydrogens is 906 g/mol. The quantitative estimate of drug-likeness (QED) is 0.105. The van der Waals surface area contributed by atoms with Crippen molar-refractivity contribution in [3.05, 3.63) is 58.2 Å². The molecule has 4 aromatic rings. The Balaban J connectivity index is 1.26. The van der Waals surface area contributed by atoms with Gasteiger partial charge in [-0.2, -0.15) is 0 Å². The maximum absolute atomic E-state index is 14.9. The van der Waals surface area contributed by atoms with Gasteiger partial charge in [-0.1, -0.05) is 0 Å². The van der Waals surface area contributed by atoms with E-state index in [1.54, 1.807) is 12.1 Å². The second-order valence-corrected chi connectivity index (χ2v) is 21.6. The van der Waals surface area contributed by atoms with Crippen molar-refractivity contribution < 1.29 is 50.1 Å². The van der Waals surface area contributed by atoms with Crippen LogP contribution in [0.3, 0.4) is 0 Å². The van der Waals surface area contributed by atoms with Crippen molar-refractivity contribution in [3.8, 4) is 22.5 Å². The molecule has 61 heavy (non-hydrogen) atoms. The van der Waals surface area contributed by atoms with Gasteiger partial charge in [0.05, 0.1) is 6.10 Å². The van der Waals surface area contributed by atoms with E-state index in [2.05, 4.69) is 82.8 Å². The van der Waals surface area contributed by atoms with E-state index in [-0.39, 0.29) is 36.4 Å². The fourth-order valence-corrected chi connectivity index (χ4v) is 12.7. The molecule has 3 fully saturated rings. The van der Waals surface area contributed by atoms with E-state index in [4.69, 9.17) is 24.2 Å². The van der Waals surface area contributed by atoms with Gasteiger partial charge in [-0.3, -0.25) is 4.98 Å². The number of nitrogens with zero attached hydrogens (tertiary/aromatic N) is 5. The number of hydrogen-bond acceptors (Lipinski definition) is 11. The number of esters is 1. The molecule has 13 nitrogen and oxygen atoms in total. The van der Waals surface area contributed by atoms with Crippen molar-refractivity contribution in [2.24, 2.45) is 23.2 Å². The van der Waals surface area contributed by atoms with Crippen molar-refractivity contribution in [1.29, 1.82) is 0 Å². The third kappa shape index (κ3) is 9.57. The first-order chi connectivity index (χ1) is 29.3. The molecule has 6 atom stereocenters. The summed E-state index contributed by atoms with van der Waals surface area (Å²) in [5.74, 6) is 0.114. The van der Waals surface area contributed by atoms with Crippen molar-refractivity contribution in [3.63, 3.8) is 0 Å². The Labute approximate surface area is 374 Å². The van der Waals surface area contributed by atoms with Crippen molar-refractivity contribution in [2.75, 3.05) is 47.0 Å². The van der Waals surface area contributed by atoms with Crippen LogP contribution in [0.1, 0.15) is 95.2 Å². The Morgan fingerprint density at radius 3 is 2.69 bits per heavy atom. The number of pyridine rings is 1. The monoisotopic (exact) mass is 966 g/mol. The normalized spacial score (nSPS) is 25.6. The van der Waals surface area contributed by atoms with Crippen LogP contribution in [0.5, 0.6) is 0 Å². The molecule has 6 bridgehead atoms. The van der Waals surface area contributed by atoms with Crippen LogP contribution in [0.25, 0.3) is 33.4 Å². The zero-order valence-corrected chi connectivity index (χ0v) is 39.5. The molecule has 3 aliphatic heterocycles. The molecule has 2 amide bonds. The van der Waals surface area contributed by atoms with E-state index in [0.717, 1.165) is 83.6 Å². The first-order valence-electron chi connectivity index (χ1n) is 21.9. The van der Waals surface area contributed by atoms with Gasteiger partial charge in [0, 0.05) is 13.3 Å². The van der Waals surface area contributed by atoms with Crippen LogP contribution in [-0.4, -0.2) is 99.2 Å². The third-order valence-electron chi connectivity index (χ3n) is 12.9. The minimum atomic E-state index is -1.25. The number of fused-ring (bicyclic) bond motifs is 6. The van der Waals surface area contributed by atoms with Gasteiger partial charge in [-0.15, -0.1) is 0 Å². The van der Waals surface area contributed by atoms with E-state index in [1.807, 2.05) is 19.2 Å². The first kappa shape index (κ1) is 44.1. The van der Waals surface area contributed by atoms with Crippen LogP contribution in [-0.2, 0) is 41.6 Å². The first-order valence-corrected chi connectivity index (χ1v) is 25.1. The number of benzene rings is 1. The average molecular weight is 967 g/mol. The molecule has 4 aliphatic rings. The molecule has 0 radical (unpaired) electrons. The number of likely N-dealkylation sites (tertiary alicyclic amines) is 1. The number of aromatic nitrogens is 3. The van der Waals surface area contributed by atoms with Gasteiger partial charge < -0.3 is 4.74 Å².